The maximum Gasteiger partial charge on any atom is 0.414 e. The first kappa shape index (κ1) is 18.8. The highest BCUT2D eigenvalue weighted by Crippen LogP contribution is 2.27. The van der Waals surface area contributed by atoms with Crippen LogP contribution < -0.4 is 4.90 Å². The Balaban J connectivity index is 2.13. The van der Waals surface area contributed by atoms with Crippen LogP contribution in [0.3, 0.4) is 0 Å². The third-order valence-electron chi connectivity index (χ3n) is 3.21. The Morgan fingerprint density at radius 2 is 2.00 bits per heavy atom. The molecule has 0 aliphatic heterocycles. The van der Waals surface area contributed by atoms with Gasteiger partial charge in [0.05, 0.1) is 0 Å². The van der Waals surface area contributed by atoms with E-state index in [-0.39, 0.29) is 6.61 Å². The summed E-state index contributed by atoms with van der Waals surface area (Å²) in [5.74, 6) is 0. The van der Waals surface area contributed by atoms with Crippen molar-refractivity contribution in [3.8, 4) is 0 Å². The zero-order chi connectivity index (χ0) is 17.6. The van der Waals surface area contributed by atoms with Crippen LogP contribution in [0.15, 0.2) is 48.7 Å². The lowest BCUT2D eigenvalue weighted by atomic mass is 10.2. The third kappa shape index (κ3) is 6.19. The number of carbonyl (C=O) groups is 1. The SMILES string of the molecule is Cc1cccc(N(CCc2ccccn2)C(=O)OCC(Cl)(Cl)Cl)c1. The van der Waals surface area contributed by atoms with Gasteiger partial charge in [0, 0.05) is 30.5 Å². The number of aryl methyl sites for hydroxylation is 1. The van der Waals surface area contributed by atoms with E-state index >= 15 is 0 Å². The van der Waals surface area contributed by atoms with E-state index in [1.807, 2.05) is 49.4 Å². The number of hydrogen-bond donors (Lipinski definition) is 0. The fourth-order valence-electron chi connectivity index (χ4n) is 2.12. The van der Waals surface area contributed by atoms with Crippen LogP contribution in [0.25, 0.3) is 0 Å². The molecule has 1 heterocycles. The van der Waals surface area contributed by atoms with Crippen LogP contribution in [0.4, 0.5) is 10.5 Å². The average molecular weight is 388 g/mol. The van der Waals surface area contributed by atoms with Crippen LogP contribution in [0.2, 0.25) is 0 Å². The molecule has 0 fully saturated rings. The number of rotatable bonds is 5. The molecule has 4 nitrogen and oxygen atoms in total. The van der Waals surface area contributed by atoms with Gasteiger partial charge in [-0.15, -0.1) is 0 Å². The fraction of sp³-hybridized carbons (Fsp3) is 0.294. The van der Waals surface area contributed by atoms with E-state index in [4.69, 9.17) is 39.5 Å². The van der Waals surface area contributed by atoms with Crippen LogP contribution in [-0.2, 0) is 11.2 Å². The molecular weight excluding hydrogens is 371 g/mol. The number of hydrogen-bond acceptors (Lipinski definition) is 3. The molecule has 1 aromatic carbocycles. The number of halogens is 3. The number of alkyl halides is 3. The van der Waals surface area contributed by atoms with Gasteiger partial charge in [0.15, 0.2) is 0 Å². The number of nitrogens with zero attached hydrogens (tertiary/aromatic N) is 2. The molecule has 128 valence electrons. The Hall–Kier alpha value is -1.49. The van der Waals surface area contributed by atoms with Crippen LogP contribution in [0.5, 0.6) is 0 Å². The number of ether oxygens (including phenoxy) is 1. The van der Waals surface area contributed by atoms with Crippen molar-refractivity contribution >= 4 is 46.6 Å². The molecule has 0 saturated heterocycles. The predicted octanol–water partition coefficient (Wildman–Crippen LogP) is 4.95. The molecule has 2 rings (SSSR count). The molecule has 0 aliphatic rings. The number of carbonyl (C=O) groups excluding carboxylic acids is 1. The molecule has 0 radical (unpaired) electrons. The molecule has 1 aromatic heterocycles. The molecule has 0 unspecified atom stereocenters. The molecule has 24 heavy (non-hydrogen) atoms. The monoisotopic (exact) mass is 386 g/mol. The van der Waals surface area contributed by atoms with Gasteiger partial charge < -0.3 is 4.74 Å². The maximum atomic E-state index is 12.4. The summed E-state index contributed by atoms with van der Waals surface area (Å²) in [5.41, 5.74) is 2.63. The fourth-order valence-corrected chi connectivity index (χ4v) is 2.28. The van der Waals surface area contributed by atoms with Crippen LogP contribution in [0.1, 0.15) is 11.3 Å². The summed E-state index contributed by atoms with van der Waals surface area (Å²) >= 11 is 17.0. The molecule has 2 aromatic rings. The average Bonchev–Trinajstić information content (AvgIpc) is 2.53. The van der Waals surface area contributed by atoms with Crippen molar-refractivity contribution in [1.29, 1.82) is 0 Å². The van der Waals surface area contributed by atoms with E-state index in [0.29, 0.717) is 13.0 Å². The second kappa shape index (κ2) is 8.56. The van der Waals surface area contributed by atoms with E-state index in [9.17, 15) is 4.79 Å². The first-order valence-corrected chi connectivity index (χ1v) is 8.46. The van der Waals surface area contributed by atoms with Gasteiger partial charge in [0.25, 0.3) is 0 Å². The maximum absolute atomic E-state index is 12.4. The molecule has 0 N–H and O–H groups in total. The van der Waals surface area contributed by atoms with Crippen molar-refractivity contribution in [1.82, 2.24) is 4.98 Å². The number of benzene rings is 1. The van der Waals surface area contributed by atoms with Gasteiger partial charge in [-0.05, 0) is 36.8 Å². The molecule has 0 saturated carbocycles. The summed E-state index contributed by atoms with van der Waals surface area (Å²) in [6, 6.07) is 13.2. The summed E-state index contributed by atoms with van der Waals surface area (Å²) in [4.78, 5) is 18.2. The second-order valence-corrected chi connectivity index (χ2v) is 7.75. The van der Waals surface area contributed by atoms with Crippen molar-refractivity contribution < 1.29 is 9.53 Å². The lowest BCUT2D eigenvalue weighted by molar-refractivity contribution is 0.156. The molecule has 0 bridgehead atoms. The van der Waals surface area contributed by atoms with Crippen molar-refractivity contribution in [2.45, 2.75) is 17.1 Å². The standard InChI is InChI=1S/C17H17Cl3N2O2/c1-13-5-4-7-15(11-13)22(16(23)24-12-17(18,19)20)10-8-14-6-2-3-9-21-14/h2-7,9,11H,8,10,12H2,1H3. The minimum atomic E-state index is -1.64. The second-order valence-electron chi connectivity index (χ2n) is 5.23. The molecule has 7 heteroatoms. The third-order valence-corrected chi connectivity index (χ3v) is 3.54. The number of aromatic nitrogens is 1. The van der Waals surface area contributed by atoms with E-state index in [0.717, 1.165) is 16.9 Å². The van der Waals surface area contributed by atoms with Crippen LogP contribution in [-0.4, -0.2) is 28.0 Å². The Morgan fingerprint density at radius 1 is 1.21 bits per heavy atom. The lowest BCUT2D eigenvalue weighted by Crippen LogP contribution is -2.35. The highest BCUT2D eigenvalue weighted by molar-refractivity contribution is 6.67. The normalized spacial score (nSPS) is 11.2. The highest BCUT2D eigenvalue weighted by atomic mass is 35.6. The number of amides is 1. The first-order chi connectivity index (χ1) is 11.3. The highest BCUT2D eigenvalue weighted by Gasteiger charge is 2.25. The first-order valence-electron chi connectivity index (χ1n) is 7.33. The lowest BCUT2D eigenvalue weighted by Gasteiger charge is -2.23. The summed E-state index contributed by atoms with van der Waals surface area (Å²) in [7, 11) is 0. The zero-order valence-electron chi connectivity index (χ0n) is 13.1. The van der Waals surface area contributed by atoms with Gasteiger partial charge in [0.1, 0.15) is 6.61 Å². The summed E-state index contributed by atoms with van der Waals surface area (Å²) in [6.45, 7) is 2.04. The smallest absolute Gasteiger partial charge is 0.414 e. The molecular formula is C17H17Cl3N2O2. The molecule has 1 amide bonds. The van der Waals surface area contributed by atoms with E-state index in [1.54, 1.807) is 6.20 Å². The topological polar surface area (TPSA) is 42.4 Å². The van der Waals surface area contributed by atoms with Gasteiger partial charge >= 0.3 is 6.09 Å². The molecule has 0 aliphatic carbocycles. The Labute approximate surface area is 156 Å². The zero-order valence-corrected chi connectivity index (χ0v) is 15.4. The van der Waals surface area contributed by atoms with Gasteiger partial charge in [-0.2, -0.15) is 0 Å². The van der Waals surface area contributed by atoms with E-state index in [1.165, 1.54) is 4.90 Å². The van der Waals surface area contributed by atoms with Crippen molar-refractivity contribution in [3.05, 3.63) is 59.9 Å². The van der Waals surface area contributed by atoms with E-state index < -0.39 is 9.89 Å². The summed E-state index contributed by atoms with van der Waals surface area (Å²) in [6.07, 6.45) is 1.73. The Morgan fingerprint density at radius 3 is 2.62 bits per heavy atom. The predicted molar refractivity (Wildman–Crippen MR) is 98.1 cm³/mol. The summed E-state index contributed by atoms with van der Waals surface area (Å²) < 4.78 is 3.48. The van der Waals surface area contributed by atoms with Gasteiger partial charge in [-0.1, -0.05) is 53.0 Å². The largest absolute Gasteiger partial charge is 0.445 e. The van der Waals surface area contributed by atoms with Gasteiger partial charge in [0.2, 0.25) is 3.79 Å². The Bertz CT molecular complexity index is 675. The van der Waals surface area contributed by atoms with E-state index in [2.05, 4.69) is 4.98 Å². The van der Waals surface area contributed by atoms with Crippen molar-refractivity contribution in [3.63, 3.8) is 0 Å². The van der Waals surface area contributed by atoms with Crippen molar-refractivity contribution in [2.24, 2.45) is 0 Å². The number of pyridine rings is 1. The van der Waals surface area contributed by atoms with Crippen LogP contribution >= 0.6 is 34.8 Å². The van der Waals surface area contributed by atoms with Gasteiger partial charge in [-0.25, -0.2) is 4.79 Å². The van der Waals surface area contributed by atoms with Gasteiger partial charge in [-0.3, -0.25) is 9.88 Å². The summed E-state index contributed by atoms with van der Waals surface area (Å²) in [5, 5.41) is 0. The molecule has 0 spiro atoms. The minimum absolute atomic E-state index is 0.317. The van der Waals surface area contributed by atoms with Crippen LogP contribution in [0, 0.1) is 6.92 Å². The van der Waals surface area contributed by atoms with Crippen molar-refractivity contribution in [2.75, 3.05) is 18.1 Å². The minimum Gasteiger partial charge on any atom is -0.445 e. The molecule has 0 atom stereocenters. The Kier molecular flexibility index (Phi) is 6.72. The quantitative estimate of drug-likeness (QED) is 0.682. The number of anilines is 1.